The van der Waals surface area contributed by atoms with Crippen molar-refractivity contribution in [3.8, 4) is 6.07 Å². The van der Waals surface area contributed by atoms with Crippen LogP contribution in [0, 0.1) is 18.3 Å². The van der Waals surface area contributed by atoms with E-state index >= 15 is 0 Å². The van der Waals surface area contributed by atoms with Gasteiger partial charge in [0.2, 0.25) is 0 Å². The molecule has 0 saturated carbocycles. The Morgan fingerprint density at radius 2 is 1.75 bits per heavy atom. The van der Waals surface area contributed by atoms with E-state index in [2.05, 4.69) is 5.32 Å². The van der Waals surface area contributed by atoms with Gasteiger partial charge < -0.3 is 5.32 Å². The van der Waals surface area contributed by atoms with Crippen molar-refractivity contribution >= 4 is 17.7 Å². The molecule has 0 radical (unpaired) electrons. The Labute approximate surface area is 137 Å². The number of anilines is 1. The number of carbonyl (C=O) groups excluding carboxylic acids is 1. The number of nitriles is 1. The summed E-state index contributed by atoms with van der Waals surface area (Å²) in [6.07, 6.45) is -3.63. The fraction of sp³-hybridized carbons (Fsp3) is 0.111. The van der Waals surface area contributed by atoms with Crippen molar-refractivity contribution in [1.82, 2.24) is 0 Å². The molecule has 0 aliphatic heterocycles. The molecule has 0 unspecified atom stereocenters. The molecule has 0 aromatic heterocycles. The van der Waals surface area contributed by atoms with Gasteiger partial charge in [0.05, 0.1) is 5.56 Å². The number of halogens is 3. The fourth-order valence-corrected chi connectivity index (χ4v) is 2.09. The van der Waals surface area contributed by atoms with Gasteiger partial charge in [0.25, 0.3) is 5.91 Å². The lowest BCUT2D eigenvalue weighted by atomic mass is 10.0. The van der Waals surface area contributed by atoms with Gasteiger partial charge in [-0.15, -0.1) is 0 Å². The van der Waals surface area contributed by atoms with Crippen molar-refractivity contribution in [2.75, 3.05) is 5.32 Å². The summed E-state index contributed by atoms with van der Waals surface area (Å²) in [5.74, 6) is -0.760. The van der Waals surface area contributed by atoms with Crippen molar-refractivity contribution in [3.05, 3.63) is 70.8 Å². The number of aryl methyl sites for hydroxylation is 1. The lowest BCUT2D eigenvalue weighted by Gasteiger charge is -2.11. The molecule has 2 aromatic rings. The van der Waals surface area contributed by atoms with Crippen LogP contribution in [0.15, 0.2) is 54.1 Å². The van der Waals surface area contributed by atoms with E-state index in [9.17, 15) is 18.0 Å². The minimum atomic E-state index is -4.57. The van der Waals surface area contributed by atoms with Crippen LogP contribution >= 0.6 is 0 Å². The predicted octanol–water partition coefficient (Wildman–Crippen LogP) is 4.56. The van der Waals surface area contributed by atoms with Crippen molar-refractivity contribution in [2.24, 2.45) is 0 Å². The number of nitrogens with zero attached hydrogens (tertiary/aromatic N) is 1. The minimum Gasteiger partial charge on any atom is -0.321 e. The molecule has 3 nitrogen and oxygen atoms in total. The van der Waals surface area contributed by atoms with E-state index in [0.717, 1.165) is 17.7 Å². The molecule has 0 bridgehead atoms. The average molecular weight is 330 g/mol. The highest BCUT2D eigenvalue weighted by atomic mass is 19.4. The normalized spacial score (nSPS) is 11.7. The number of rotatable bonds is 3. The van der Waals surface area contributed by atoms with Crippen molar-refractivity contribution in [2.45, 2.75) is 13.1 Å². The average Bonchev–Trinajstić information content (AvgIpc) is 2.54. The maximum absolute atomic E-state index is 13.0. The van der Waals surface area contributed by atoms with E-state index in [-0.39, 0.29) is 5.56 Å². The van der Waals surface area contributed by atoms with Crippen LogP contribution in [0.1, 0.15) is 16.7 Å². The van der Waals surface area contributed by atoms with Crippen molar-refractivity contribution in [1.29, 1.82) is 5.26 Å². The molecule has 122 valence electrons. The molecule has 1 N–H and O–H groups in total. The second-order valence-corrected chi connectivity index (χ2v) is 5.02. The topological polar surface area (TPSA) is 52.9 Å². The molecular weight excluding hydrogens is 317 g/mol. The third-order valence-electron chi connectivity index (χ3n) is 3.32. The van der Waals surface area contributed by atoms with Crippen LogP contribution < -0.4 is 5.32 Å². The van der Waals surface area contributed by atoms with Crippen molar-refractivity contribution < 1.29 is 18.0 Å². The molecule has 0 aliphatic rings. The second-order valence-electron chi connectivity index (χ2n) is 5.02. The Kier molecular flexibility index (Phi) is 5.05. The molecule has 6 heteroatoms. The van der Waals surface area contributed by atoms with Gasteiger partial charge in [0.15, 0.2) is 0 Å². The predicted molar refractivity (Wildman–Crippen MR) is 84.8 cm³/mol. The fourth-order valence-electron chi connectivity index (χ4n) is 2.09. The maximum atomic E-state index is 13.0. The summed E-state index contributed by atoms with van der Waals surface area (Å²) in [5.41, 5.74) is -0.274. The SMILES string of the molecule is Cc1ccccc1NC(=O)C(C#N)=Cc1ccccc1C(F)(F)F. The molecule has 0 spiro atoms. The van der Waals surface area contributed by atoms with E-state index in [1.165, 1.54) is 18.2 Å². The standard InChI is InChI=1S/C18H13F3N2O/c1-12-6-2-5-9-16(12)23-17(24)14(11-22)10-13-7-3-4-8-15(13)18(19,20)21/h2-10H,1H3,(H,23,24). The molecule has 1 amide bonds. The number of amides is 1. The summed E-state index contributed by atoms with van der Waals surface area (Å²) in [6, 6.07) is 13.3. The Morgan fingerprint density at radius 1 is 1.12 bits per heavy atom. The van der Waals surface area contributed by atoms with Crippen molar-refractivity contribution in [3.63, 3.8) is 0 Å². The summed E-state index contributed by atoms with van der Waals surface area (Å²) in [6.45, 7) is 1.77. The summed E-state index contributed by atoms with van der Waals surface area (Å²) >= 11 is 0. The highest BCUT2D eigenvalue weighted by Gasteiger charge is 2.32. The molecule has 0 atom stereocenters. The number of carbonyl (C=O) groups is 1. The molecule has 0 saturated heterocycles. The Balaban J connectivity index is 2.36. The highest BCUT2D eigenvalue weighted by molar-refractivity contribution is 6.10. The molecule has 0 fully saturated rings. The lowest BCUT2D eigenvalue weighted by molar-refractivity contribution is -0.137. The first kappa shape index (κ1) is 17.3. The van der Waals surface area contributed by atoms with Crippen LogP contribution in [-0.2, 0) is 11.0 Å². The molecule has 24 heavy (non-hydrogen) atoms. The number of hydrogen-bond acceptors (Lipinski definition) is 2. The number of hydrogen-bond donors (Lipinski definition) is 1. The van der Waals surface area contributed by atoms with E-state index in [1.54, 1.807) is 37.3 Å². The first-order valence-electron chi connectivity index (χ1n) is 6.98. The Hall–Kier alpha value is -3.07. The summed E-state index contributed by atoms with van der Waals surface area (Å²) in [4.78, 5) is 12.2. The second kappa shape index (κ2) is 7.01. The van der Waals surface area contributed by atoms with Gasteiger partial charge in [0.1, 0.15) is 11.6 Å². The quantitative estimate of drug-likeness (QED) is 0.662. The van der Waals surface area contributed by atoms with Crippen LogP contribution in [0.5, 0.6) is 0 Å². The summed E-state index contributed by atoms with van der Waals surface area (Å²) in [5, 5.41) is 11.7. The van der Waals surface area contributed by atoms with Gasteiger partial charge in [0, 0.05) is 5.69 Å². The smallest absolute Gasteiger partial charge is 0.321 e. The summed E-state index contributed by atoms with van der Waals surface area (Å²) < 4.78 is 39.0. The third-order valence-corrected chi connectivity index (χ3v) is 3.32. The van der Waals surface area contributed by atoms with Crippen LogP contribution in [0.3, 0.4) is 0 Å². The van der Waals surface area contributed by atoms with Gasteiger partial charge >= 0.3 is 6.18 Å². The zero-order chi connectivity index (χ0) is 17.7. The van der Waals surface area contributed by atoms with E-state index in [1.807, 2.05) is 0 Å². The van der Waals surface area contributed by atoms with Crippen LogP contribution in [0.4, 0.5) is 18.9 Å². The molecule has 2 aromatic carbocycles. The van der Waals surface area contributed by atoms with Gasteiger partial charge in [-0.2, -0.15) is 18.4 Å². The van der Waals surface area contributed by atoms with Gasteiger partial charge in [-0.05, 0) is 36.3 Å². The molecule has 0 aliphatic carbocycles. The van der Waals surface area contributed by atoms with Crippen LogP contribution in [-0.4, -0.2) is 5.91 Å². The number of nitrogens with one attached hydrogen (secondary N) is 1. The highest BCUT2D eigenvalue weighted by Crippen LogP contribution is 2.32. The van der Waals surface area contributed by atoms with Crippen LogP contribution in [0.25, 0.3) is 6.08 Å². The minimum absolute atomic E-state index is 0.235. The Bertz CT molecular complexity index is 833. The monoisotopic (exact) mass is 330 g/mol. The van der Waals surface area contributed by atoms with Gasteiger partial charge in [-0.3, -0.25) is 4.79 Å². The first-order chi connectivity index (χ1) is 11.3. The first-order valence-corrected chi connectivity index (χ1v) is 6.98. The van der Waals surface area contributed by atoms with Gasteiger partial charge in [-0.1, -0.05) is 36.4 Å². The maximum Gasteiger partial charge on any atom is 0.416 e. The van der Waals surface area contributed by atoms with E-state index < -0.39 is 23.2 Å². The zero-order valence-electron chi connectivity index (χ0n) is 12.7. The number of alkyl halides is 3. The van der Waals surface area contributed by atoms with E-state index in [0.29, 0.717) is 5.69 Å². The largest absolute Gasteiger partial charge is 0.416 e. The lowest BCUT2D eigenvalue weighted by Crippen LogP contribution is -2.14. The third kappa shape index (κ3) is 4.02. The summed E-state index contributed by atoms with van der Waals surface area (Å²) in [7, 11) is 0. The van der Waals surface area contributed by atoms with E-state index in [4.69, 9.17) is 5.26 Å². The molecular formula is C18H13F3N2O. The molecule has 2 rings (SSSR count). The van der Waals surface area contributed by atoms with Gasteiger partial charge in [-0.25, -0.2) is 0 Å². The number of para-hydroxylation sites is 1. The Morgan fingerprint density at radius 3 is 2.38 bits per heavy atom. The molecule has 0 heterocycles. The number of benzene rings is 2. The van der Waals surface area contributed by atoms with Crippen LogP contribution in [0.2, 0.25) is 0 Å². The zero-order valence-corrected chi connectivity index (χ0v) is 12.7.